The molecule has 0 atom stereocenters. The predicted molar refractivity (Wildman–Crippen MR) is 73.1 cm³/mol. The Labute approximate surface area is 103 Å². The van der Waals surface area contributed by atoms with Gasteiger partial charge in [-0.25, -0.2) is 0 Å². The largest absolute Gasteiger partial charge is 0.380 e. The lowest BCUT2D eigenvalue weighted by atomic mass is 10.3. The van der Waals surface area contributed by atoms with Crippen molar-refractivity contribution in [2.24, 2.45) is 0 Å². The minimum Gasteiger partial charge on any atom is -0.380 e. The molecular formula is C13H11NS2. The molecule has 0 aliphatic carbocycles. The van der Waals surface area contributed by atoms with Crippen molar-refractivity contribution >= 4 is 34.9 Å². The molecule has 1 aliphatic heterocycles. The Bertz CT molecular complexity index is 514. The van der Waals surface area contributed by atoms with E-state index in [1.807, 2.05) is 11.8 Å². The maximum absolute atomic E-state index is 3.44. The molecule has 0 saturated carbocycles. The van der Waals surface area contributed by atoms with Crippen LogP contribution in [0.25, 0.3) is 6.08 Å². The van der Waals surface area contributed by atoms with Crippen molar-refractivity contribution in [1.29, 1.82) is 0 Å². The van der Waals surface area contributed by atoms with Gasteiger partial charge in [0.15, 0.2) is 0 Å². The number of hydrogen-bond acceptors (Lipinski definition) is 3. The molecule has 1 aliphatic rings. The number of anilines is 1. The average Bonchev–Trinajstić information content (AvgIpc) is 2.82. The Morgan fingerprint density at radius 3 is 2.94 bits per heavy atom. The first kappa shape index (κ1) is 10.00. The summed E-state index contributed by atoms with van der Waals surface area (Å²) in [6.45, 7) is 0.930. The molecule has 0 spiro atoms. The molecule has 0 fully saturated rings. The van der Waals surface area contributed by atoms with Gasteiger partial charge in [0.1, 0.15) is 0 Å². The van der Waals surface area contributed by atoms with Crippen LogP contribution >= 0.6 is 23.1 Å². The lowest BCUT2D eigenvalue weighted by molar-refractivity contribution is 1.25. The Morgan fingerprint density at radius 1 is 1.12 bits per heavy atom. The number of benzene rings is 1. The van der Waals surface area contributed by atoms with Crippen LogP contribution < -0.4 is 5.32 Å². The van der Waals surface area contributed by atoms with Crippen LogP contribution in [-0.2, 0) is 0 Å². The van der Waals surface area contributed by atoms with Crippen molar-refractivity contribution in [2.75, 3.05) is 11.9 Å². The van der Waals surface area contributed by atoms with Gasteiger partial charge in [-0.05, 0) is 29.7 Å². The van der Waals surface area contributed by atoms with E-state index in [4.69, 9.17) is 0 Å². The van der Waals surface area contributed by atoms with E-state index in [2.05, 4.69) is 53.2 Å². The molecule has 3 heteroatoms. The van der Waals surface area contributed by atoms with Crippen LogP contribution in [0.3, 0.4) is 0 Å². The topological polar surface area (TPSA) is 12.0 Å². The van der Waals surface area contributed by atoms with Crippen molar-refractivity contribution in [3.05, 3.63) is 51.6 Å². The Hall–Kier alpha value is -1.19. The predicted octanol–water partition coefficient (Wildman–Crippen LogP) is 4.31. The number of thioether (sulfide) groups is 1. The molecular weight excluding hydrogens is 234 g/mol. The van der Waals surface area contributed by atoms with Gasteiger partial charge in [-0.3, -0.25) is 0 Å². The molecule has 3 rings (SSSR count). The van der Waals surface area contributed by atoms with E-state index in [-0.39, 0.29) is 0 Å². The van der Waals surface area contributed by atoms with Gasteiger partial charge in [0.05, 0.1) is 0 Å². The first-order chi connectivity index (χ1) is 7.92. The normalized spacial score (nSPS) is 16.9. The molecule has 0 unspecified atom stereocenters. The zero-order valence-corrected chi connectivity index (χ0v) is 10.3. The van der Waals surface area contributed by atoms with Crippen molar-refractivity contribution in [2.45, 2.75) is 4.90 Å². The average molecular weight is 245 g/mol. The SMILES string of the molecule is C(=C1/CNc2ccccc2S1)/c1cccs1. The van der Waals surface area contributed by atoms with Crippen molar-refractivity contribution in [3.8, 4) is 0 Å². The summed E-state index contributed by atoms with van der Waals surface area (Å²) in [5, 5.41) is 5.55. The zero-order valence-electron chi connectivity index (χ0n) is 8.64. The summed E-state index contributed by atoms with van der Waals surface area (Å²) in [5.74, 6) is 0. The highest BCUT2D eigenvalue weighted by Gasteiger charge is 2.11. The van der Waals surface area contributed by atoms with E-state index in [1.165, 1.54) is 20.4 Å². The third kappa shape index (κ3) is 2.01. The summed E-state index contributed by atoms with van der Waals surface area (Å²) in [5.41, 5.74) is 1.25. The second-order valence-corrected chi connectivity index (χ2v) is 5.73. The summed E-state index contributed by atoms with van der Waals surface area (Å²) in [6, 6.07) is 12.7. The van der Waals surface area contributed by atoms with E-state index < -0.39 is 0 Å². The van der Waals surface area contributed by atoms with Crippen LogP contribution in [0.2, 0.25) is 0 Å². The summed E-state index contributed by atoms with van der Waals surface area (Å²) in [4.78, 5) is 4.02. The van der Waals surface area contributed by atoms with E-state index >= 15 is 0 Å². The van der Waals surface area contributed by atoms with E-state index in [1.54, 1.807) is 11.3 Å². The minimum absolute atomic E-state index is 0.930. The van der Waals surface area contributed by atoms with E-state index in [9.17, 15) is 0 Å². The lowest BCUT2D eigenvalue weighted by Gasteiger charge is -2.19. The van der Waals surface area contributed by atoms with Crippen LogP contribution in [0, 0.1) is 0 Å². The molecule has 0 saturated heterocycles. The van der Waals surface area contributed by atoms with Crippen molar-refractivity contribution in [1.82, 2.24) is 0 Å². The fraction of sp³-hybridized carbons (Fsp3) is 0.0769. The van der Waals surface area contributed by atoms with Gasteiger partial charge in [-0.2, -0.15) is 0 Å². The summed E-state index contributed by atoms with van der Waals surface area (Å²) < 4.78 is 0. The highest BCUT2D eigenvalue weighted by molar-refractivity contribution is 8.03. The van der Waals surface area contributed by atoms with E-state index in [0.717, 1.165) is 6.54 Å². The van der Waals surface area contributed by atoms with Crippen LogP contribution in [-0.4, -0.2) is 6.54 Å². The number of rotatable bonds is 1. The molecule has 1 N–H and O–H groups in total. The molecule has 0 bridgehead atoms. The van der Waals surface area contributed by atoms with Gasteiger partial charge in [-0.15, -0.1) is 11.3 Å². The number of hydrogen-bond donors (Lipinski definition) is 1. The van der Waals surface area contributed by atoms with Gasteiger partial charge in [0.25, 0.3) is 0 Å². The second kappa shape index (κ2) is 4.36. The first-order valence-electron chi connectivity index (χ1n) is 5.17. The smallest absolute Gasteiger partial charge is 0.0484 e. The van der Waals surface area contributed by atoms with Crippen LogP contribution in [0.5, 0.6) is 0 Å². The lowest BCUT2D eigenvalue weighted by Crippen LogP contribution is -2.08. The number of thiophene rings is 1. The molecule has 80 valence electrons. The summed E-state index contributed by atoms with van der Waals surface area (Å²) in [6.07, 6.45) is 2.26. The van der Waals surface area contributed by atoms with Crippen LogP contribution in [0.15, 0.2) is 51.6 Å². The fourth-order valence-corrected chi connectivity index (χ4v) is 3.44. The van der Waals surface area contributed by atoms with Crippen molar-refractivity contribution in [3.63, 3.8) is 0 Å². The van der Waals surface area contributed by atoms with Gasteiger partial charge in [-0.1, -0.05) is 30.0 Å². The quantitative estimate of drug-likeness (QED) is 0.803. The van der Waals surface area contributed by atoms with Crippen molar-refractivity contribution < 1.29 is 0 Å². The molecule has 0 amide bonds. The molecule has 0 radical (unpaired) electrons. The second-order valence-electron chi connectivity index (χ2n) is 3.58. The Morgan fingerprint density at radius 2 is 2.06 bits per heavy atom. The van der Waals surface area contributed by atoms with E-state index in [0.29, 0.717) is 0 Å². The number of nitrogens with one attached hydrogen (secondary N) is 1. The summed E-state index contributed by atoms with van der Waals surface area (Å²) >= 11 is 3.64. The zero-order chi connectivity index (χ0) is 10.8. The van der Waals surface area contributed by atoms with Crippen LogP contribution in [0.4, 0.5) is 5.69 Å². The molecule has 1 aromatic carbocycles. The van der Waals surface area contributed by atoms with Gasteiger partial charge < -0.3 is 5.32 Å². The molecule has 1 aromatic heterocycles. The van der Waals surface area contributed by atoms with Gasteiger partial charge in [0.2, 0.25) is 0 Å². The Balaban J connectivity index is 1.88. The van der Waals surface area contributed by atoms with Gasteiger partial charge in [0, 0.05) is 26.9 Å². The fourth-order valence-electron chi connectivity index (χ4n) is 1.67. The molecule has 2 heterocycles. The standard InChI is InChI=1S/C13H11NS2/c1-2-6-13-12(5-1)14-9-11(16-13)8-10-4-3-7-15-10/h1-8,14H,9H2/b11-8+. The maximum atomic E-state index is 3.44. The highest BCUT2D eigenvalue weighted by atomic mass is 32.2. The Kier molecular flexibility index (Phi) is 2.72. The molecule has 1 nitrogen and oxygen atoms in total. The monoisotopic (exact) mass is 245 g/mol. The highest BCUT2D eigenvalue weighted by Crippen LogP contribution is 2.37. The number of para-hydroxylation sites is 1. The van der Waals surface area contributed by atoms with Crippen LogP contribution in [0.1, 0.15) is 4.88 Å². The minimum atomic E-state index is 0.930. The third-order valence-corrected chi connectivity index (χ3v) is 4.35. The molecule has 16 heavy (non-hydrogen) atoms. The first-order valence-corrected chi connectivity index (χ1v) is 6.86. The molecule has 2 aromatic rings. The summed E-state index contributed by atoms with van der Waals surface area (Å²) in [7, 11) is 0. The van der Waals surface area contributed by atoms with Gasteiger partial charge >= 0.3 is 0 Å². The maximum Gasteiger partial charge on any atom is 0.0484 e. The third-order valence-electron chi connectivity index (χ3n) is 2.43. The number of fused-ring (bicyclic) bond motifs is 1.